The van der Waals surface area contributed by atoms with Gasteiger partial charge in [-0.05, 0) is 25.0 Å². The SMILES string of the molecule is CC(F)(Cc1ccc(F)cc1F)CC1COCCN1. The maximum Gasteiger partial charge on any atom is 0.129 e. The van der Waals surface area contributed by atoms with Crippen LogP contribution < -0.4 is 5.32 Å². The molecule has 0 aliphatic carbocycles. The maximum atomic E-state index is 14.5. The van der Waals surface area contributed by atoms with E-state index in [-0.39, 0.29) is 24.4 Å². The number of nitrogens with one attached hydrogen (secondary N) is 1. The molecule has 2 rings (SSSR count). The van der Waals surface area contributed by atoms with Crippen molar-refractivity contribution >= 4 is 0 Å². The van der Waals surface area contributed by atoms with Gasteiger partial charge in [0.05, 0.1) is 13.2 Å². The smallest absolute Gasteiger partial charge is 0.129 e. The van der Waals surface area contributed by atoms with E-state index < -0.39 is 17.3 Å². The number of benzene rings is 1. The standard InChI is InChI=1S/C14H18F3NO/c1-14(17,8-12-9-19-5-4-18-12)7-10-2-3-11(15)6-13(10)16/h2-3,6,12,18H,4-5,7-9H2,1H3. The summed E-state index contributed by atoms with van der Waals surface area (Å²) in [5, 5.41) is 3.17. The molecule has 1 fully saturated rings. The van der Waals surface area contributed by atoms with Crippen molar-refractivity contribution in [1.82, 2.24) is 5.32 Å². The van der Waals surface area contributed by atoms with Crippen LogP contribution in [-0.2, 0) is 11.2 Å². The number of hydrogen-bond donors (Lipinski definition) is 1. The summed E-state index contributed by atoms with van der Waals surface area (Å²) < 4.78 is 46.1. The lowest BCUT2D eigenvalue weighted by Gasteiger charge is -2.30. The van der Waals surface area contributed by atoms with Crippen molar-refractivity contribution in [3.63, 3.8) is 0 Å². The highest BCUT2D eigenvalue weighted by Gasteiger charge is 2.30. The molecule has 1 aromatic carbocycles. The highest BCUT2D eigenvalue weighted by molar-refractivity contribution is 5.20. The Balaban J connectivity index is 1.99. The molecule has 1 aliphatic heterocycles. The first-order chi connectivity index (χ1) is 8.96. The van der Waals surface area contributed by atoms with Gasteiger partial charge in [-0.1, -0.05) is 6.07 Å². The fourth-order valence-corrected chi connectivity index (χ4v) is 2.40. The molecule has 19 heavy (non-hydrogen) atoms. The van der Waals surface area contributed by atoms with E-state index in [2.05, 4.69) is 5.32 Å². The van der Waals surface area contributed by atoms with Gasteiger partial charge >= 0.3 is 0 Å². The Labute approximate surface area is 111 Å². The van der Waals surface area contributed by atoms with E-state index >= 15 is 0 Å². The zero-order chi connectivity index (χ0) is 13.9. The van der Waals surface area contributed by atoms with Gasteiger partial charge in [-0.2, -0.15) is 0 Å². The first-order valence-corrected chi connectivity index (χ1v) is 6.40. The van der Waals surface area contributed by atoms with Gasteiger partial charge in [-0.3, -0.25) is 0 Å². The Morgan fingerprint density at radius 2 is 2.21 bits per heavy atom. The zero-order valence-electron chi connectivity index (χ0n) is 10.9. The molecule has 2 atom stereocenters. The van der Waals surface area contributed by atoms with E-state index in [1.165, 1.54) is 13.0 Å². The van der Waals surface area contributed by atoms with E-state index in [0.29, 0.717) is 19.8 Å². The van der Waals surface area contributed by atoms with Crippen LogP contribution in [0.25, 0.3) is 0 Å². The quantitative estimate of drug-likeness (QED) is 0.910. The Hall–Kier alpha value is -1.07. The van der Waals surface area contributed by atoms with Crippen molar-refractivity contribution in [2.75, 3.05) is 19.8 Å². The molecule has 1 aliphatic rings. The molecular weight excluding hydrogens is 255 g/mol. The number of alkyl halides is 1. The van der Waals surface area contributed by atoms with Crippen LogP contribution in [-0.4, -0.2) is 31.5 Å². The molecule has 2 nitrogen and oxygen atoms in total. The first-order valence-electron chi connectivity index (χ1n) is 6.40. The fourth-order valence-electron chi connectivity index (χ4n) is 2.40. The molecular formula is C14H18F3NO. The molecule has 1 N–H and O–H groups in total. The van der Waals surface area contributed by atoms with Gasteiger partial charge in [0.1, 0.15) is 17.3 Å². The molecule has 106 valence electrons. The molecule has 2 unspecified atom stereocenters. The summed E-state index contributed by atoms with van der Waals surface area (Å²) in [6.45, 7) is 3.23. The number of ether oxygens (including phenoxy) is 1. The summed E-state index contributed by atoms with van der Waals surface area (Å²) in [6, 6.07) is 3.17. The Kier molecular flexibility index (Phi) is 4.47. The third kappa shape index (κ3) is 4.21. The average molecular weight is 273 g/mol. The van der Waals surface area contributed by atoms with Crippen LogP contribution in [0.5, 0.6) is 0 Å². The molecule has 1 heterocycles. The van der Waals surface area contributed by atoms with Crippen LogP contribution in [0.1, 0.15) is 18.9 Å². The van der Waals surface area contributed by atoms with E-state index in [4.69, 9.17) is 4.74 Å². The van der Waals surface area contributed by atoms with Crippen LogP contribution in [0.15, 0.2) is 18.2 Å². The predicted octanol–water partition coefficient (Wildman–Crippen LogP) is 2.61. The summed E-state index contributed by atoms with van der Waals surface area (Å²) in [6.07, 6.45) is 0.168. The lowest BCUT2D eigenvalue weighted by molar-refractivity contribution is 0.0481. The van der Waals surface area contributed by atoms with Crippen molar-refractivity contribution in [3.05, 3.63) is 35.4 Å². The second kappa shape index (κ2) is 5.92. The van der Waals surface area contributed by atoms with E-state index in [1.54, 1.807) is 0 Å². The van der Waals surface area contributed by atoms with E-state index in [9.17, 15) is 13.2 Å². The van der Waals surface area contributed by atoms with Gasteiger partial charge < -0.3 is 10.1 Å². The first kappa shape index (κ1) is 14.3. The van der Waals surface area contributed by atoms with E-state index in [0.717, 1.165) is 12.1 Å². The predicted molar refractivity (Wildman–Crippen MR) is 66.8 cm³/mol. The van der Waals surface area contributed by atoms with Gasteiger partial charge in [0.2, 0.25) is 0 Å². The molecule has 0 spiro atoms. The number of morpholine rings is 1. The summed E-state index contributed by atoms with van der Waals surface area (Å²) in [5.41, 5.74) is -1.36. The molecule has 0 bridgehead atoms. The Morgan fingerprint density at radius 1 is 1.42 bits per heavy atom. The minimum Gasteiger partial charge on any atom is -0.379 e. The average Bonchev–Trinajstić information content (AvgIpc) is 2.33. The Bertz CT molecular complexity index is 431. The lowest BCUT2D eigenvalue weighted by atomic mass is 9.91. The van der Waals surface area contributed by atoms with Gasteiger partial charge in [-0.15, -0.1) is 0 Å². The molecule has 1 saturated heterocycles. The summed E-state index contributed by atoms with van der Waals surface area (Å²) in [5.74, 6) is -1.35. The largest absolute Gasteiger partial charge is 0.379 e. The van der Waals surface area contributed by atoms with Crippen LogP contribution in [0.3, 0.4) is 0 Å². The van der Waals surface area contributed by atoms with Crippen LogP contribution in [0, 0.1) is 11.6 Å². The van der Waals surface area contributed by atoms with Gasteiger partial charge in [0.15, 0.2) is 0 Å². The third-order valence-electron chi connectivity index (χ3n) is 3.24. The highest BCUT2D eigenvalue weighted by Crippen LogP contribution is 2.25. The topological polar surface area (TPSA) is 21.3 Å². The molecule has 0 aromatic heterocycles. The second-order valence-electron chi connectivity index (χ2n) is 5.26. The minimum absolute atomic E-state index is 0.0627. The molecule has 0 saturated carbocycles. The number of hydrogen-bond acceptors (Lipinski definition) is 2. The van der Waals surface area contributed by atoms with Gasteiger partial charge in [0.25, 0.3) is 0 Å². The molecule has 1 aromatic rings. The maximum absolute atomic E-state index is 14.5. The van der Waals surface area contributed by atoms with Crippen molar-refractivity contribution in [3.8, 4) is 0 Å². The second-order valence-corrected chi connectivity index (χ2v) is 5.26. The van der Waals surface area contributed by atoms with Crippen LogP contribution in [0.2, 0.25) is 0 Å². The van der Waals surface area contributed by atoms with Crippen molar-refractivity contribution in [2.24, 2.45) is 0 Å². The molecule has 5 heteroatoms. The number of rotatable bonds is 4. The van der Waals surface area contributed by atoms with Crippen LogP contribution >= 0.6 is 0 Å². The van der Waals surface area contributed by atoms with E-state index in [1.807, 2.05) is 0 Å². The highest BCUT2D eigenvalue weighted by atomic mass is 19.1. The van der Waals surface area contributed by atoms with Gasteiger partial charge in [0, 0.05) is 25.1 Å². The summed E-state index contributed by atoms with van der Waals surface area (Å²) in [4.78, 5) is 0. The van der Waals surface area contributed by atoms with Crippen molar-refractivity contribution < 1.29 is 17.9 Å². The van der Waals surface area contributed by atoms with Gasteiger partial charge in [-0.25, -0.2) is 13.2 Å². The molecule has 0 radical (unpaired) electrons. The Morgan fingerprint density at radius 3 is 2.84 bits per heavy atom. The number of halogens is 3. The zero-order valence-corrected chi connectivity index (χ0v) is 10.9. The van der Waals surface area contributed by atoms with Crippen molar-refractivity contribution in [1.29, 1.82) is 0 Å². The normalized spacial score (nSPS) is 23.1. The third-order valence-corrected chi connectivity index (χ3v) is 3.24. The van der Waals surface area contributed by atoms with Crippen molar-refractivity contribution in [2.45, 2.75) is 31.5 Å². The minimum atomic E-state index is -1.56. The van der Waals surface area contributed by atoms with Crippen LogP contribution in [0.4, 0.5) is 13.2 Å². The fraction of sp³-hybridized carbons (Fsp3) is 0.571. The summed E-state index contributed by atoms with van der Waals surface area (Å²) >= 11 is 0. The molecule has 0 amide bonds. The lowest BCUT2D eigenvalue weighted by Crippen LogP contribution is -2.45. The summed E-state index contributed by atoms with van der Waals surface area (Å²) in [7, 11) is 0. The monoisotopic (exact) mass is 273 g/mol.